The number of hydrogen-bond acceptors (Lipinski definition) is 3. The molecule has 1 aromatic heterocycles. The third-order valence-electron chi connectivity index (χ3n) is 3.24. The second-order valence-corrected chi connectivity index (χ2v) is 4.90. The predicted octanol–water partition coefficient (Wildman–Crippen LogP) is 1.96. The lowest BCUT2D eigenvalue weighted by molar-refractivity contribution is 0.228. The van der Waals surface area contributed by atoms with Crippen molar-refractivity contribution in [3.8, 4) is 0 Å². The Morgan fingerprint density at radius 3 is 2.83 bits per heavy atom. The average Bonchev–Trinajstić information content (AvgIpc) is 2.80. The zero-order valence-electron chi connectivity index (χ0n) is 11.9. The molecule has 0 amide bonds. The number of aryl methyl sites for hydroxylation is 2. The van der Waals surface area contributed by atoms with E-state index in [0.717, 1.165) is 38.9 Å². The van der Waals surface area contributed by atoms with Crippen LogP contribution in [0.2, 0.25) is 0 Å². The van der Waals surface area contributed by atoms with Crippen molar-refractivity contribution < 1.29 is 5.11 Å². The Labute approximate surface area is 110 Å². The topological polar surface area (TPSA) is 50.1 Å². The molecule has 0 bridgehead atoms. The second-order valence-electron chi connectivity index (χ2n) is 4.90. The molecule has 1 atom stereocenters. The first kappa shape index (κ1) is 15.2. The summed E-state index contributed by atoms with van der Waals surface area (Å²) in [5.41, 5.74) is 2.44. The molecule has 0 radical (unpaired) electrons. The lowest BCUT2D eigenvalue weighted by Gasteiger charge is -2.09. The fourth-order valence-corrected chi connectivity index (χ4v) is 1.99. The monoisotopic (exact) mass is 253 g/mol. The van der Waals surface area contributed by atoms with Crippen molar-refractivity contribution in [1.29, 1.82) is 0 Å². The summed E-state index contributed by atoms with van der Waals surface area (Å²) in [5.74, 6) is 0.416. The van der Waals surface area contributed by atoms with Gasteiger partial charge < -0.3 is 10.4 Å². The molecule has 104 valence electrons. The number of aromatic nitrogens is 2. The standard InChI is InChI=1S/C14H27N3O/c1-4-13-9-14(17(5-2)16-13)10-15-8-6-7-12(3)11-18/h9,12,15,18H,4-8,10-11H2,1-3H3. The van der Waals surface area contributed by atoms with Crippen LogP contribution in [0.1, 0.15) is 45.0 Å². The first-order valence-corrected chi connectivity index (χ1v) is 7.08. The number of rotatable bonds is 9. The van der Waals surface area contributed by atoms with Gasteiger partial charge in [0, 0.05) is 19.7 Å². The van der Waals surface area contributed by atoms with Crippen LogP contribution in [0.25, 0.3) is 0 Å². The quantitative estimate of drug-likeness (QED) is 0.662. The van der Waals surface area contributed by atoms with Crippen LogP contribution in [-0.4, -0.2) is 28.0 Å². The maximum absolute atomic E-state index is 8.94. The highest BCUT2D eigenvalue weighted by molar-refractivity contribution is 5.10. The first-order valence-electron chi connectivity index (χ1n) is 7.08. The molecule has 0 saturated heterocycles. The molecular formula is C14H27N3O. The minimum Gasteiger partial charge on any atom is -0.396 e. The summed E-state index contributed by atoms with van der Waals surface area (Å²) in [6, 6.07) is 2.19. The average molecular weight is 253 g/mol. The van der Waals surface area contributed by atoms with Crippen molar-refractivity contribution >= 4 is 0 Å². The van der Waals surface area contributed by atoms with Crippen LogP contribution >= 0.6 is 0 Å². The van der Waals surface area contributed by atoms with Gasteiger partial charge in [-0.1, -0.05) is 13.8 Å². The van der Waals surface area contributed by atoms with Crippen LogP contribution in [-0.2, 0) is 19.5 Å². The molecular weight excluding hydrogens is 226 g/mol. The molecule has 0 aliphatic carbocycles. The molecule has 0 aliphatic heterocycles. The van der Waals surface area contributed by atoms with E-state index in [1.807, 2.05) is 0 Å². The van der Waals surface area contributed by atoms with Gasteiger partial charge in [0.25, 0.3) is 0 Å². The van der Waals surface area contributed by atoms with Crippen molar-refractivity contribution in [3.63, 3.8) is 0 Å². The smallest absolute Gasteiger partial charge is 0.0625 e. The zero-order chi connectivity index (χ0) is 13.4. The lowest BCUT2D eigenvalue weighted by atomic mass is 10.1. The van der Waals surface area contributed by atoms with Crippen LogP contribution < -0.4 is 5.32 Å². The Kier molecular flexibility index (Phi) is 6.98. The SMILES string of the molecule is CCc1cc(CNCCCC(C)CO)n(CC)n1. The van der Waals surface area contributed by atoms with Crippen molar-refractivity contribution in [1.82, 2.24) is 15.1 Å². The maximum Gasteiger partial charge on any atom is 0.0625 e. The van der Waals surface area contributed by atoms with E-state index in [0.29, 0.717) is 12.5 Å². The van der Waals surface area contributed by atoms with Crippen LogP contribution in [0, 0.1) is 5.92 Å². The number of nitrogens with zero attached hydrogens (tertiary/aromatic N) is 2. The normalized spacial score (nSPS) is 12.9. The van der Waals surface area contributed by atoms with Gasteiger partial charge in [0.05, 0.1) is 11.4 Å². The maximum atomic E-state index is 8.94. The molecule has 0 aromatic carbocycles. The van der Waals surface area contributed by atoms with Gasteiger partial charge in [-0.15, -0.1) is 0 Å². The summed E-state index contributed by atoms with van der Waals surface area (Å²) in [7, 11) is 0. The van der Waals surface area contributed by atoms with E-state index >= 15 is 0 Å². The molecule has 4 nitrogen and oxygen atoms in total. The third-order valence-corrected chi connectivity index (χ3v) is 3.24. The summed E-state index contributed by atoms with van der Waals surface area (Å²) in [6.07, 6.45) is 3.19. The van der Waals surface area contributed by atoms with E-state index in [4.69, 9.17) is 5.11 Å². The molecule has 2 N–H and O–H groups in total. The van der Waals surface area contributed by atoms with Gasteiger partial charge in [-0.2, -0.15) is 5.10 Å². The summed E-state index contributed by atoms with van der Waals surface area (Å²) in [5, 5.41) is 16.9. The van der Waals surface area contributed by atoms with Crippen molar-refractivity contribution in [2.45, 2.75) is 53.1 Å². The molecule has 1 heterocycles. The summed E-state index contributed by atoms with van der Waals surface area (Å²) >= 11 is 0. The van der Waals surface area contributed by atoms with Crippen LogP contribution in [0.5, 0.6) is 0 Å². The van der Waals surface area contributed by atoms with E-state index < -0.39 is 0 Å². The molecule has 1 rings (SSSR count). The van der Waals surface area contributed by atoms with Crippen molar-refractivity contribution in [2.75, 3.05) is 13.2 Å². The molecule has 18 heavy (non-hydrogen) atoms. The predicted molar refractivity (Wildman–Crippen MR) is 74.5 cm³/mol. The molecule has 0 saturated carbocycles. The van der Waals surface area contributed by atoms with Gasteiger partial charge in [-0.25, -0.2) is 0 Å². The zero-order valence-corrected chi connectivity index (χ0v) is 11.9. The number of aliphatic hydroxyl groups excluding tert-OH is 1. The van der Waals surface area contributed by atoms with Crippen molar-refractivity contribution in [2.24, 2.45) is 5.92 Å². The molecule has 4 heteroatoms. The van der Waals surface area contributed by atoms with E-state index in [-0.39, 0.29) is 0 Å². The minimum atomic E-state index is 0.294. The van der Waals surface area contributed by atoms with E-state index in [1.165, 1.54) is 11.4 Å². The van der Waals surface area contributed by atoms with Gasteiger partial charge in [-0.05, 0) is 44.7 Å². The highest BCUT2D eigenvalue weighted by Crippen LogP contribution is 2.06. The van der Waals surface area contributed by atoms with E-state index in [2.05, 4.69) is 41.9 Å². The molecule has 0 aliphatic rings. The number of aliphatic hydroxyl groups is 1. The Balaban J connectivity index is 2.28. The molecule has 1 aromatic rings. The fourth-order valence-electron chi connectivity index (χ4n) is 1.99. The number of hydrogen-bond donors (Lipinski definition) is 2. The minimum absolute atomic E-state index is 0.294. The lowest BCUT2D eigenvalue weighted by Crippen LogP contribution is -2.18. The largest absolute Gasteiger partial charge is 0.396 e. The summed E-state index contributed by atoms with van der Waals surface area (Å²) in [4.78, 5) is 0. The summed E-state index contributed by atoms with van der Waals surface area (Å²) in [6.45, 7) is 9.45. The second kappa shape index (κ2) is 8.27. The Hall–Kier alpha value is -0.870. The van der Waals surface area contributed by atoms with E-state index in [1.54, 1.807) is 0 Å². The highest BCUT2D eigenvalue weighted by atomic mass is 16.3. The third kappa shape index (κ3) is 4.78. The Morgan fingerprint density at radius 2 is 2.22 bits per heavy atom. The summed E-state index contributed by atoms with van der Waals surface area (Å²) < 4.78 is 2.07. The van der Waals surface area contributed by atoms with Gasteiger partial charge in [-0.3, -0.25) is 4.68 Å². The van der Waals surface area contributed by atoms with Gasteiger partial charge in [0.2, 0.25) is 0 Å². The number of nitrogens with one attached hydrogen (secondary N) is 1. The highest BCUT2D eigenvalue weighted by Gasteiger charge is 2.05. The molecule has 1 unspecified atom stereocenters. The molecule has 0 fully saturated rings. The Bertz CT molecular complexity index is 336. The van der Waals surface area contributed by atoms with Gasteiger partial charge in [0.1, 0.15) is 0 Å². The molecule has 0 spiro atoms. The van der Waals surface area contributed by atoms with Gasteiger partial charge in [0.15, 0.2) is 0 Å². The van der Waals surface area contributed by atoms with Crippen LogP contribution in [0.15, 0.2) is 6.07 Å². The van der Waals surface area contributed by atoms with E-state index in [9.17, 15) is 0 Å². The van der Waals surface area contributed by atoms with Crippen LogP contribution in [0.4, 0.5) is 0 Å². The van der Waals surface area contributed by atoms with Gasteiger partial charge >= 0.3 is 0 Å². The van der Waals surface area contributed by atoms with Crippen LogP contribution in [0.3, 0.4) is 0 Å². The first-order chi connectivity index (χ1) is 8.71. The Morgan fingerprint density at radius 1 is 1.44 bits per heavy atom. The fraction of sp³-hybridized carbons (Fsp3) is 0.786. The van der Waals surface area contributed by atoms with Crippen molar-refractivity contribution in [3.05, 3.63) is 17.5 Å².